The molecule has 0 aliphatic carbocycles. The smallest absolute Gasteiger partial charge is 0.0597 e. The van der Waals surface area contributed by atoms with Gasteiger partial charge in [-0.2, -0.15) is 0 Å². The second-order valence-corrected chi connectivity index (χ2v) is 9.64. The van der Waals surface area contributed by atoms with Gasteiger partial charge in [0.1, 0.15) is 0 Å². The van der Waals surface area contributed by atoms with Gasteiger partial charge in [0.15, 0.2) is 0 Å². The van der Waals surface area contributed by atoms with E-state index in [2.05, 4.69) is 149 Å². The molecule has 0 N–H and O–H groups in total. The van der Waals surface area contributed by atoms with E-state index >= 15 is 0 Å². The molecule has 0 aromatic heterocycles. The highest BCUT2D eigenvalue weighted by Gasteiger charge is 2.34. The molecule has 0 saturated heterocycles. The van der Waals surface area contributed by atoms with E-state index in [4.69, 9.17) is 0 Å². The Bertz CT molecular complexity index is 1560. The minimum absolute atomic E-state index is 0.404. The summed E-state index contributed by atoms with van der Waals surface area (Å²) in [5.41, 5.74) is 6.34. The molecule has 1 unspecified atom stereocenters. The molecule has 6 aromatic carbocycles. The van der Waals surface area contributed by atoms with E-state index in [1.54, 1.807) is 0 Å². The fourth-order valence-corrected chi connectivity index (χ4v) is 5.84. The van der Waals surface area contributed by atoms with Crippen LogP contribution in [-0.2, 0) is 5.16 Å². The highest BCUT2D eigenvalue weighted by Crippen LogP contribution is 2.50. The molecule has 0 spiro atoms. The third-order valence-electron chi connectivity index (χ3n) is 6.87. The van der Waals surface area contributed by atoms with Crippen LogP contribution in [-0.4, -0.2) is 0 Å². The molecule has 0 fully saturated rings. The van der Waals surface area contributed by atoms with E-state index in [1.165, 1.54) is 49.4 Å². The van der Waals surface area contributed by atoms with Crippen molar-refractivity contribution >= 4 is 30.8 Å². The molecule has 0 nitrogen and oxygen atoms in total. The van der Waals surface area contributed by atoms with E-state index in [0.717, 1.165) is 0 Å². The topological polar surface area (TPSA) is 0 Å². The average molecular weight is 453 g/mol. The predicted octanol–water partition coefficient (Wildman–Crippen LogP) is 8.83. The first-order valence-electron chi connectivity index (χ1n) is 11.7. The van der Waals surface area contributed by atoms with Gasteiger partial charge in [0, 0.05) is 0 Å². The van der Waals surface area contributed by atoms with Crippen LogP contribution in [0.5, 0.6) is 0 Å². The molecule has 0 aliphatic rings. The summed E-state index contributed by atoms with van der Waals surface area (Å²) >= 11 is 0. The van der Waals surface area contributed by atoms with Crippen LogP contribution < -0.4 is 0 Å². The van der Waals surface area contributed by atoms with Crippen LogP contribution in [0, 0.1) is 0 Å². The standard InChI is InChI=1S/C33H25P/c34-33(26-15-3-1-4-16-26,27-17-5-2-6-18-27)31-23-22-25-13-8-10-20-29(25)32(31)30-21-11-14-24-12-7-9-19-28(24)30/h1-23H,34H2. The zero-order valence-corrected chi connectivity index (χ0v) is 20.0. The molecular weight excluding hydrogens is 427 g/mol. The Morgan fingerprint density at radius 3 is 1.56 bits per heavy atom. The summed E-state index contributed by atoms with van der Waals surface area (Å²) < 4.78 is 0. The molecule has 1 heteroatoms. The Balaban J connectivity index is 1.78. The molecular formula is C33H25P. The van der Waals surface area contributed by atoms with Gasteiger partial charge in [0.05, 0.1) is 5.16 Å². The van der Waals surface area contributed by atoms with Gasteiger partial charge in [-0.05, 0) is 49.4 Å². The largest absolute Gasteiger partial charge is 0.117 e. The van der Waals surface area contributed by atoms with Gasteiger partial charge in [-0.1, -0.05) is 140 Å². The lowest BCUT2D eigenvalue weighted by Crippen LogP contribution is -2.22. The lowest BCUT2D eigenvalue weighted by atomic mass is 9.78. The van der Waals surface area contributed by atoms with Crippen molar-refractivity contribution in [1.82, 2.24) is 0 Å². The zero-order valence-electron chi connectivity index (χ0n) is 18.9. The third-order valence-corrected chi connectivity index (χ3v) is 7.85. The minimum atomic E-state index is -0.404. The van der Waals surface area contributed by atoms with Crippen molar-refractivity contribution in [3.8, 4) is 11.1 Å². The molecule has 1 atom stereocenters. The molecule has 0 heterocycles. The summed E-state index contributed by atoms with van der Waals surface area (Å²) in [4.78, 5) is 0. The summed E-state index contributed by atoms with van der Waals surface area (Å²) in [5.74, 6) is 0. The normalized spacial score (nSPS) is 11.7. The first-order chi connectivity index (χ1) is 16.8. The summed E-state index contributed by atoms with van der Waals surface area (Å²) in [6, 6.07) is 50.4. The first kappa shape index (κ1) is 20.8. The van der Waals surface area contributed by atoms with Gasteiger partial charge < -0.3 is 0 Å². The highest BCUT2D eigenvalue weighted by molar-refractivity contribution is 7.19. The number of fused-ring (bicyclic) bond motifs is 2. The molecule has 34 heavy (non-hydrogen) atoms. The van der Waals surface area contributed by atoms with Gasteiger partial charge in [-0.15, -0.1) is 9.24 Å². The second-order valence-electron chi connectivity index (χ2n) is 8.78. The SMILES string of the molecule is PC(c1ccccc1)(c1ccccc1)c1ccc2ccccc2c1-c1cccc2ccccc12. The molecule has 6 rings (SSSR count). The summed E-state index contributed by atoms with van der Waals surface area (Å²) in [6.07, 6.45) is 0. The maximum absolute atomic E-state index is 3.23. The predicted molar refractivity (Wildman–Crippen MR) is 149 cm³/mol. The maximum Gasteiger partial charge on any atom is 0.0597 e. The van der Waals surface area contributed by atoms with Gasteiger partial charge in [0.25, 0.3) is 0 Å². The molecule has 0 saturated carbocycles. The number of hydrogen-bond donors (Lipinski definition) is 0. The van der Waals surface area contributed by atoms with Crippen molar-refractivity contribution in [1.29, 1.82) is 0 Å². The molecule has 0 aliphatic heterocycles. The molecule has 162 valence electrons. The van der Waals surface area contributed by atoms with Gasteiger partial charge in [-0.3, -0.25) is 0 Å². The summed E-state index contributed by atoms with van der Waals surface area (Å²) in [5, 5.41) is 4.65. The van der Waals surface area contributed by atoms with E-state index in [-0.39, 0.29) is 0 Å². The van der Waals surface area contributed by atoms with Crippen molar-refractivity contribution in [3.63, 3.8) is 0 Å². The van der Waals surface area contributed by atoms with Crippen LogP contribution >= 0.6 is 9.24 Å². The minimum Gasteiger partial charge on any atom is -0.117 e. The average Bonchev–Trinajstić information content (AvgIpc) is 2.92. The van der Waals surface area contributed by atoms with E-state index < -0.39 is 5.16 Å². The number of rotatable bonds is 4. The zero-order chi connectivity index (χ0) is 23.0. The van der Waals surface area contributed by atoms with Crippen LogP contribution in [0.1, 0.15) is 16.7 Å². The van der Waals surface area contributed by atoms with Crippen molar-refractivity contribution in [2.24, 2.45) is 0 Å². The number of hydrogen-bond acceptors (Lipinski definition) is 0. The van der Waals surface area contributed by atoms with Crippen molar-refractivity contribution in [2.45, 2.75) is 5.16 Å². The van der Waals surface area contributed by atoms with Crippen LogP contribution in [0.3, 0.4) is 0 Å². The Morgan fingerprint density at radius 2 is 0.912 bits per heavy atom. The van der Waals surface area contributed by atoms with Crippen molar-refractivity contribution < 1.29 is 0 Å². The summed E-state index contributed by atoms with van der Waals surface area (Å²) in [6.45, 7) is 0. The second kappa shape index (κ2) is 8.56. The summed E-state index contributed by atoms with van der Waals surface area (Å²) in [7, 11) is 3.23. The van der Waals surface area contributed by atoms with E-state index in [0.29, 0.717) is 0 Å². The molecule has 6 aromatic rings. The van der Waals surface area contributed by atoms with Gasteiger partial charge in [0.2, 0.25) is 0 Å². The van der Waals surface area contributed by atoms with E-state index in [9.17, 15) is 0 Å². The van der Waals surface area contributed by atoms with Crippen LogP contribution in [0.2, 0.25) is 0 Å². The quantitative estimate of drug-likeness (QED) is 0.185. The Labute approximate surface area is 203 Å². The van der Waals surface area contributed by atoms with E-state index in [1.807, 2.05) is 0 Å². The lowest BCUT2D eigenvalue weighted by molar-refractivity contribution is 0.901. The Kier molecular flexibility index (Phi) is 5.25. The fraction of sp³-hybridized carbons (Fsp3) is 0.0303. The van der Waals surface area contributed by atoms with Crippen LogP contribution in [0.4, 0.5) is 0 Å². The van der Waals surface area contributed by atoms with Gasteiger partial charge >= 0.3 is 0 Å². The van der Waals surface area contributed by atoms with Crippen molar-refractivity contribution in [3.05, 3.63) is 156 Å². The highest BCUT2D eigenvalue weighted by atomic mass is 31.0. The first-order valence-corrected chi connectivity index (χ1v) is 12.2. The maximum atomic E-state index is 3.23. The van der Waals surface area contributed by atoms with Crippen molar-refractivity contribution in [2.75, 3.05) is 0 Å². The fourth-order valence-electron chi connectivity index (χ4n) is 5.21. The molecule has 0 radical (unpaired) electrons. The number of benzene rings is 6. The monoisotopic (exact) mass is 452 g/mol. The molecule has 0 bridgehead atoms. The lowest BCUT2D eigenvalue weighted by Gasteiger charge is -2.34. The Morgan fingerprint density at radius 1 is 0.412 bits per heavy atom. The van der Waals surface area contributed by atoms with Gasteiger partial charge in [-0.25, -0.2) is 0 Å². The molecule has 0 amide bonds. The third kappa shape index (κ3) is 3.35. The van der Waals surface area contributed by atoms with Crippen LogP contribution in [0.25, 0.3) is 32.7 Å². The Hall–Kier alpha value is -3.73. The van der Waals surface area contributed by atoms with Crippen LogP contribution in [0.15, 0.2) is 140 Å².